The number of hydrogen-bond donors (Lipinski definition) is 1. The van der Waals surface area contributed by atoms with Crippen LogP contribution < -0.4 is 4.90 Å². The molecule has 5 nitrogen and oxygen atoms in total. The number of nitrogens with one attached hydrogen (secondary N) is 1. The van der Waals surface area contributed by atoms with Crippen LogP contribution in [0, 0.1) is 0 Å². The largest absolute Gasteiger partial charge is 0.443 e. The first-order valence-corrected chi connectivity index (χ1v) is 14.5. The molecule has 6 heteroatoms. The van der Waals surface area contributed by atoms with Gasteiger partial charge in [0.15, 0.2) is 0 Å². The Kier molecular flexibility index (Phi) is 6.82. The van der Waals surface area contributed by atoms with Crippen LogP contribution in [0.15, 0.2) is 114 Å². The molecule has 1 N–H and O–H groups in total. The number of amides is 2. The van der Waals surface area contributed by atoms with Gasteiger partial charge in [0.05, 0.1) is 11.1 Å². The van der Waals surface area contributed by atoms with Gasteiger partial charge in [-0.15, -0.1) is 0 Å². The first-order valence-electron chi connectivity index (χ1n) is 13.7. The normalized spacial score (nSPS) is 17.5. The van der Waals surface area contributed by atoms with E-state index in [1.165, 1.54) is 4.90 Å². The number of aromatic nitrogens is 1. The first kappa shape index (κ1) is 27.0. The Balaban J connectivity index is 1.67. The summed E-state index contributed by atoms with van der Waals surface area (Å²) in [7, 11) is 0. The van der Waals surface area contributed by atoms with E-state index < -0.39 is 23.0 Å². The van der Waals surface area contributed by atoms with Crippen molar-refractivity contribution in [1.29, 1.82) is 0 Å². The monoisotopic (exact) mass is 606 g/mol. The molecule has 2 heterocycles. The number of anilines is 1. The van der Waals surface area contributed by atoms with Crippen LogP contribution >= 0.6 is 15.9 Å². The van der Waals surface area contributed by atoms with Crippen molar-refractivity contribution in [1.82, 2.24) is 4.98 Å². The maximum Gasteiger partial charge on any atom is 0.421 e. The maximum atomic E-state index is 15.1. The number of H-pyrrole nitrogens is 1. The van der Waals surface area contributed by atoms with Crippen LogP contribution in [0.3, 0.4) is 0 Å². The van der Waals surface area contributed by atoms with E-state index in [2.05, 4.69) is 39.1 Å². The predicted molar refractivity (Wildman–Crippen MR) is 166 cm³/mol. The van der Waals surface area contributed by atoms with Crippen LogP contribution in [0.1, 0.15) is 48.9 Å². The fourth-order valence-electron chi connectivity index (χ4n) is 6.16. The number of rotatable bonds is 5. The summed E-state index contributed by atoms with van der Waals surface area (Å²) in [5, 5.41) is 1.02. The van der Waals surface area contributed by atoms with Crippen molar-refractivity contribution in [2.24, 2.45) is 0 Å². The van der Waals surface area contributed by atoms with Crippen LogP contribution in [-0.4, -0.2) is 22.6 Å². The number of para-hydroxylation sites is 1. The third-order valence-electron chi connectivity index (χ3n) is 7.72. The zero-order valence-corrected chi connectivity index (χ0v) is 24.8. The summed E-state index contributed by atoms with van der Waals surface area (Å²) in [5.41, 5.74) is 3.40. The Morgan fingerprint density at radius 2 is 1.59 bits per heavy atom. The Morgan fingerprint density at radius 1 is 0.927 bits per heavy atom. The number of ether oxygens (including phenoxy) is 1. The maximum absolute atomic E-state index is 15.1. The number of nitrogens with zero attached hydrogens (tertiary/aromatic N) is 1. The van der Waals surface area contributed by atoms with E-state index in [4.69, 9.17) is 4.74 Å². The van der Waals surface area contributed by atoms with Gasteiger partial charge in [0, 0.05) is 27.5 Å². The third-order valence-corrected chi connectivity index (χ3v) is 8.22. The zero-order valence-electron chi connectivity index (χ0n) is 23.2. The van der Waals surface area contributed by atoms with E-state index in [0.717, 1.165) is 37.6 Å². The number of carbonyl (C=O) groups excluding carboxylic acids is 2. The van der Waals surface area contributed by atoms with Gasteiger partial charge >= 0.3 is 6.09 Å². The van der Waals surface area contributed by atoms with E-state index in [1.54, 1.807) is 0 Å². The number of halogens is 1. The van der Waals surface area contributed by atoms with E-state index in [9.17, 15) is 4.79 Å². The summed E-state index contributed by atoms with van der Waals surface area (Å²) in [6.07, 6.45) is 1.73. The smallest absolute Gasteiger partial charge is 0.421 e. The Bertz CT molecular complexity index is 1740. The van der Waals surface area contributed by atoms with Gasteiger partial charge in [0.1, 0.15) is 5.60 Å². The molecule has 1 aliphatic heterocycles. The van der Waals surface area contributed by atoms with Crippen LogP contribution in [-0.2, 0) is 21.4 Å². The number of carbonyl (C=O) groups is 2. The lowest BCUT2D eigenvalue weighted by Crippen LogP contribution is -2.49. The molecule has 0 radical (unpaired) electrons. The minimum Gasteiger partial charge on any atom is -0.443 e. The molecule has 41 heavy (non-hydrogen) atoms. The number of fused-ring (bicyclic) bond motifs is 2. The highest BCUT2D eigenvalue weighted by Crippen LogP contribution is 2.55. The van der Waals surface area contributed by atoms with E-state index in [-0.39, 0.29) is 5.91 Å². The third kappa shape index (κ3) is 4.76. The second-order valence-electron chi connectivity index (χ2n) is 11.5. The number of benzene rings is 4. The standard InChI is InChI=1S/C35H31BrN2O3/c1-34(2,3)41-33(40)38-30-17-11-10-16-28(30)35(32(38)39,21-23-12-6-4-7-13-23)31(24-14-8-5-9-15-24)27-22-37-29-19-18-25(36)20-26(27)29/h4-20,22,31,37H,21H2,1-3H3/t31-,35+/m1/s1. The molecule has 1 aromatic heterocycles. The predicted octanol–water partition coefficient (Wildman–Crippen LogP) is 8.52. The molecular formula is C35H31BrN2O3. The lowest BCUT2D eigenvalue weighted by Gasteiger charge is -2.37. The topological polar surface area (TPSA) is 62.4 Å². The van der Waals surface area contributed by atoms with E-state index in [0.29, 0.717) is 12.1 Å². The Labute approximate surface area is 248 Å². The molecule has 4 aromatic carbocycles. The number of imide groups is 1. The summed E-state index contributed by atoms with van der Waals surface area (Å²) in [5.74, 6) is -0.719. The van der Waals surface area contributed by atoms with Gasteiger partial charge in [-0.3, -0.25) is 4.79 Å². The zero-order chi connectivity index (χ0) is 28.8. The molecule has 2 amide bonds. The van der Waals surface area contributed by atoms with Crippen molar-refractivity contribution >= 4 is 44.5 Å². The number of hydrogen-bond acceptors (Lipinski definition) is 3. The van der Waals surface area contributed by atoms with Gasteiger partial charge in [-0.05, 0) is 73.7 Å². The summed E-state index contributed by atoms with van der Waals surface area (Å²) in [6, 6.07) is 33.9. The summed E-state index contributed by atoms with van der Waals surface area (Å²) in [4.78, 5) is 33.6. The Hall–Kier alpha value is -4.16. The molecule has 0 aliphatic carbocycles. The minimum atomic E-state index is -1.15. The van der Waals surface area contributed by atoms with Crippen molar-refractivity contribution in [3.05, 3.63) is 136 Å². The molecule has 6 rings (SSSR count). The average molecular weight is 608 g/mol. The van der Waals surface area contributed by atoms with Gasteiger partial charge in [-0.25, -0.2) is 9.69 Å². The van der Waals surface area contributed by atoms with Crippen LogP contribution in [0.25, 0.3) is 10.9 Å². The van der Waals surface area contributed by atoms with E-state index in [1.807, 2.05) is 112 Å². The van der Waals surface area contributed by atoms with Crippen LogP contribution in [0.5, 0.6) is 0 Å². The van der Waals surface area contributed by atoms with Crippen molar-refractivity contribution < 1.29 is 14.3 Å². The van der Waals surface area contributed by atoms with Crippen molar-refractivity contribution in [3.8, 4) is 0 Å². The SMILES string of the molecule is CC(C)(C)OC(=O)N1C(=O)[C@](Cc2ccccc2)([C@H](c2ccccc2)c2c[nH]c3ccc(Br)cc23)c2ccccc21. The number of aromatic amines is 1. The molecule has 0 unspecified atom stereocenters. The van der Waals surface area contributed by atoms with E-state index >= 15 is 4.79 Å². The highest BCUT2D eigenvalue weighted by atomic mass is 79.9. The summed E-state index contributed by atoms with van der Waals surface area (Å²) in [6.45, 7) is 5.43. The molecule has 0 saturated heterocycles. The molecule has 0 bridgehead atoms. The lowest BCUT2D eigenvalue weighted by molar-refractivity contribution is -0.123. The molecule has 5 aromatic rings. The van der Waals surface area contributed by atoms with Gasteiger partial charge in [0.2, 0.25) is 5.91 Å². The summed E-state index contributed by atoms with van der Waals surface area (Å²) >= 11 is 3.65. The quantitative estimate of drug-likeness (QED) is 0.218. The van der Waals surface area contributed by atoms with Crippen molar-refractivity contribution in [2.75, 3.05) is 4.90 Å². The first-order chi connectivity index (χ1) is 19.7. The van der Waals surface area contributed by atoms with Crippen molar-refractivity contribution in [3.63, 3.8) is 0 Å². The van der Waals surface area contributed by atoms with Gasteiger partial charge in [0.25, 0.3) is 0 Å². The molecule has 206 valence electrons. The second kappa shape index (κ2) is 10.3. The van der Waals surface area contributed by atoms with Gasteiger partial charge in [-0.2, -0.15) is 0 Å². The molecular weight excluding hydrogens is 576 g/mol. The molecule has 2 atom stereocenters. The lowest BCUT2D eigenvalue weighted by atomic mass is 9.62. The van der Waals surface area contributed by atoms with Crippen LogP contribution in [0.4, 0.5) is 10.5 Å². The fourth-order valence-corrected chi connectivity index (χ4v) is 6.52. The van der Waals surface area contributed by atoms with Gasteiger partial charge in [-0.1, -0.05) is 94.8 Å². The van der Waals surface area contributed by atoms with Crippen LogP contribution in [0.2, 0.25) is 0 Å². The highest BCUT2D eigenvalue weighted by Gasteiger charge is 2.58. The fraction of sp³-hybridized carbons (Fsp3) is 0.200. The highest BCUT2D eigenvalue weighted by molar-refractivity contribution is 9.10. The minimum absolute atomic E-state index is 0.296. The Morgan fingerprint density at radius 3 is 2.29 bits per heavy atom. The van der Waals surface area contributed by atoms with Crippen molar-refractivity contribution in [2.45, 2.75) is 44.1 Å². The summed E-state index contributed by atoms with van der Waals surface area (Å²) < 4.78 is 6.76. The molecule has 0 saturated carbocycles. The second-order valence-corrected chi connectivity index (χ2v) is 12.5. The molecule has 0 fully saturated rings. The molecule has 0 spiro atoms. The molecule has 1 aliphatic rings. The van der Waals surface area contributed by atoms with Gasteiger partial charge < -0.3 is 9.72 Å². The average Bonchev–Trinajstić information content (AvgIpc) is 3.46.